The third-order valence-electron chi connectivity index (χ3n) is 1.38. The number of nitrogens with one attached hydrogen (secondary N) is 1. The van der Waals surface area contributed by atoms with Gasteiger partial charge < -0.3 is 5.32 Å². The number of hydrogen-bond donors (Lipinski definition) is 1. The van der Waals surface area contributed by atoms with Crippen LogP contribution in [0.15, 0.2) is 11.8 Å². The molecule has 0 bridgehead atoms. The maximum atomic E-state index is 10.9. The second kappa shape index (κ2) is 5.96. The lowest BCUT2D eigenvalue weighted by Crippen LogP contribution is -2.12. The Kier molecular flexibility index (Phi) is 5.53. The molecule has 1 N–H and O–H groups in total. The van der Waals surface area contributed by atoms with E-state index in [0.717, 1.165) is 18.7 Å². The molecule has 0 amide bonds. The minimum Gasteiger partial charge on any atom is -0.388 e. The van der Waals surface area contributed by atoms with E-state index < -0.39 is 0 Å². The van der Waals surface area contributed by atoms with Crippen molar-refractivity contribution in [1.82, 2.24) is 5.32 Å². The van der Waals surface area contributed by atoms with Crippen molar-refractivity contribution in [3.63, 3.8) is 0 Å². The third kappa shape index (κ3) is 5.64. The van der Waals surface area contributed by atoms with E-state index in [9.17, 15) is 4.79 Å². The van der Waals surface area contributed by atoms with E-state index in [2.05, 4.69) is 12.2 Å². The molecule has 0 aromatic carbocycles. The zero-order valence-corrected chi connectivity index (χ0v) is 7.61. The van der Waals surface area contributed by atoms with Crippen LogP contribution in [0.5, 0.6) is 0 Å². The zero-order chi connectivity index (χ0) is 8.69. The van der Waals surface area contributed by atoms with Gasteiger partial charge in [0.15, 0.2) is 5.78 Å². The summed E-state index contributed by atoms with van der Waals surface area (Å²) in [6.45, 7) is 6.83. The molecule has 0 saturated carbocycles. The molecule has 0 rings (SSSR count). The summed E-state index contributed by atoms with van der Waals surface area (Å²) in [5.41, 5.74) is 0.971. The Labute approximate surface area is 68.7 Å². The van der Waals surface area contributed by atoms with Crippen LogP contribution >= 0.6 is 0 Å². The van der Waals surface area contributed by atoms with Crippen molar-refractivity contribution in [2.24, 2.45) is 0 Å². The molecular weight excluding hydrogens is 138 g/mol. The predicted octanol–water partition coefficient (Wildman–Crippen LogP) is 1.87. The molecule has 0 saturated heterocycles. The largest absolute Gasteiger partial charge is 0.388 e. The highest BCUT2D eigenvalue weighted by atomic mass is 16.1. The molecule has 0 aromatic rings. The summed E-state index contributed by atoms with van der Waals surface area (Å²) in [4.78, 5) is 10.9. The molecular formula is C9H17NO. The molecule has 0 heterocycles. The van der Waals surface area contributed by atoms with Gasteiger partial charge in [0.1, 0.15) is 0 Å². The van der Waals surface area contributed by atoms with E-state index in [0.29, 0.717) is 6.42 Å². The van der Waals surface area contributed by atoms with Crippen molar-refractivity contribution in [2.45, 2.75) is 33.6 Å². The maximum absolute atomic E-state index is 10.9. The van der Waals surface area contributed by atoms with Gasteiger partial charge in [0.2, 0.25) is 0 Å². The van der Waals surface area contributed by atoms with Crippen molar-refractivity contribution in [3.8, 4) is 0 Å². The van der Waals surface area contributed by atoms with E-state index >= 15 is 0 Å². The Morgan fingerprint density at radius 2 is 2.09 bits per heavy atom. The molecule has 0 spiro atoms. The van der Waals surface area contributed by atoms with Crippen LogP contribution < -0.4 is 5.32 Å². The van der Waals surface area contributed by atoms with Crippen LogP contribution in [0.25, 0.3) is 0 Å². The van der Waals surface area contributed by atoms with Crippen molar-refractivity contribution in [1.29, 1.82) is 0 Å². The number of rotatable bonds is 5. The van der Waals surface area contributed by atoms with E-state index in [1.807, 2.05) is 13.8 Å². The molecule has 0 unspecified atom stereocenters. The Morgan fingerprint density at radius 3 is 2.55 bits per heavy atom. The Bertz CT molecular complexity index is 150. The monoisotopic (exact) mass is 155 g/mol. The predicted molar refractivity (Wildman–Crippen MR) is 47.3 cm³/mol. The first-order chi connectivity index (χ1) is 5.20. The first-order valence-corrected chi connectivity index (χ1v) is 4.15. The summed E-state index contributed by atoms with van der Waals surface area (Å²) in [6, 6.07) is 0. The van der Waals surface area contributed by atoms with Gasteiger partial charge in [-0.15, -0.1) is 0 Å². The zero-order valence-electron chi connectivity index (χ0n) is 7.61. The molecule has 0 aliphatic carbocycles. The van der Waals surface area contributed by atoms with Crippen molar-refractivity contribution in [2.75, 3.05) is 6.54 Å². The van der Waals surface area contributed by atoms with Gasteiger partial charge in [0, 0.05) is 18.7 Å². The summed E-state index contributed by atoms with van der Waals surface area (Å²) < 4.78 is 0. The van der Waals surface area contributed by atoms with Crippen LogP contribution in [0.2, 0.25) is 0 Å². The maximum Gasteiger partial charge on any atom is 0.157 e. The summed E-state index contributed by atoms with van der Waals surface area (Å²) in [5.74, 6) is 0.186. The topological polar surface area (TPSA) is 29.1 Å². The quantitative estimate of drug-likeness (QED) is 0.614. The van der Waals surface area contributed by atoms with E-state index in [1.54, 1.807) is 6.08 Å². The molecule has 11 heavy (non-hydrogen) atoms. The third-order valence-corrected chi connectivity index (χ3v) is 1.38. The summed E-state index contributed by atoms with van der Waals surface area (Å²) in [7, 11) is 0. The first kappa shape index (κ1) is 10.2. The van der Waals surface area contributed by atoms with E-state index in [-0.39, 0.29) is 5.78 Å². The van der Waals surface area contributed by atoms with Crippen LogP contribution in [0, 0.1) is 0 Å². The molecule has 0 atom stereocenters. The number of carbonyl (C=O) groups excluding carboxylic acids is 1. The fraction of sp³-hybridized carbons (Fsp3) is 0.667. The highest BCUT2D eigenvalue weighted by molar-refractivity contribution is 5.89. The van der Waals surface area contributed by atoms with E-state index in [1.165, 1.54) is 0 Å². The number of allylic oxidation sites excluding steroid dienone is 2. The minimum atomic E-state index is 0.186. The van der Waals surface area contributed by atoms with Gasteiger partial charge in [0.25, 0.3) is 0 Å². The van der Waals surface area contributed by atoms with Gasteiger partial charge >= 0.3 is 0 Å². The smallest absolute Gasteiger partial charge is 0.157 e. The lowest BCUT2D eigenvalue weighted by molar-refractivity contribution is -0.114. The normalized spacial score (nSPS) is 11.4. The Morgan fingerprint density at radius 1 is 1.45 bits per heavy atom. The summed E-state index contributed by atoms with van der Waals surface area (Å²) in [5, 5.41) is 3.14. The van der Waals surface area contributed by atoms with E-state index in [4.69, 9.17) is 0 Å². The average Bonchev–Trinajstić information content (AvgIpc) is 2.00. The van der Waals surface area contributed by atoms with Crippen LogP contribution in [0.3, 0.4) is 0 Å². The SMILES string of the molecule is CCCN/C(C)=C\C(=O)CC. The molecule has 0 aromatic heterocycles. The van der Waals surface area contributed by atoms with Crippen molar-refractivity contribution >= 4 is 5.78 Å². The lowest BCUT2D eigenvalue weighted by Gasteiger charge is -2.02. The molecule has 2 heteroatoms. The van der Waals surface area contributed by atoms with Crippen molar-refractivity contribution < 1.29 is 4.79 Å². The highest BCUT2D eigenvalue weighted by Crippen LogP contribution is 1.90. The summed E-state index contributed by atoms with van der Waals surface area (Å²) in [6.07, 6.45) is 3.34. The molecule has 0 aliphatic rings. The highest BCUT2D eigenvalue weighted by Gasteiger charge is 1.92. The van der Waals surface area contributed by atoms with Crippen LogP contribution in [0.1, 0.15) is 33.6 Å². The molecule has 64 valence electrons. The molecule has 2 nitrogen and oxygen atoms in total. The molecule has 0 aliphatic heterocycles. The Balaban J connectivity index is 3.70. The van der Waals surface area contributed by atoms with Gasteiger partial charge in [-0.2, -0.15) is 0 Å². The van der Waals surface area contributed by atoms with Crippen LogP contribution in [0.4, 0.5) is 0 Å². The standard InChI is InChI=1S/C9H17NO/c1-4-6-10-8(3)7-9(11)5-2/h7,10H,4-6H2,1-3H3/b8-7-. The second-order valence-corrected chi connectivity index (χ2v) is 2.57. The number of carbonyl (C=O) groups is 1. The van der Waals surface area contributed by atoms with Crippen LogP contribution in [-0.2, 0) is 4.79 Å². The summed E-state index contributed by atoms with van der Waals surface area (Å²) >= 11 is 0. The minimum absolute atomic E-state index is 0.186. The van der Waals surface area contributed by atoms with Gasteiger partial charge in [-0.3, -0.25) is 4.79 Å². The average molecular weight is 155 g/mol. The molecule has 0 fully saturated rings. The van der Waals surface area contributed by atoms with Gasteiger partial charge in [-0.25, -0.2) is 0 Å². The number of ketones is 1. The van der Waals surface area contributed by atoms with Gasteiger partial charge in [0.05, 0.1) is 0 Å². The molecule has 0 radical (unpaired) electrons. The first-order valence-electron chi connectivity index (χ1n) is 4.15. The van der Waals surface area contributed by atoms with Crippen molar-refractivity contribution in [3.05, 3.63) is 11.8 Å². The Hall–Kier alpha value is -0.790. The lowest BCUT2D eigenvalue weighted by atomic mass is 10.2. The van der Waals surface area contributed by atoms with Crippen LogP contribution in [-0.4, -0.2) is 12.3 Å². The fourth-order valence-electron chi connectivity index (χ4n) is 0.717. The van der Waals surface area contributed by atoms with Gasteiger partial charge in [-0.05, 0) is 19.4 Å². The van der Waals surface area contributed by atoms with Gasteiger partial charge in [-0.1, -0.05) is 13.8 Å². The number of hydrogen-bond acceptors (Lipinski definition) is 2. The fourth-order valence-corrected chi connectivity index (χ4v) is 0.717. The second-order valence-electron chi connectivity index (χ2n) is 2.57.